The minimum atomic E-state index is -0.0916. The van der Waals surface area contributed by atoms with Crippen LogP contribution in [0.3, 0.4) is 0 Å². The maximum absolute atomic E-state index is 9.93. The molecule has 3 N–H and O–H groups in total. The van der Waals surface area contributed by atoms with Gasteiger partial charge >= 0.3 is 0 Å². The van der Waals surface area contributed by atoms with Crippen molar-refractivity contribution in [2.24, 2.45) is 0 Å². The molecule has 0 amide bonds. The summed E-state index contributed by atoms with van der Waals surface area (Å²) in [7, 11) is 0. The van der Waals surface area contributed by atoms with E-state index in [9.17, 15) is 5.11 Å². The van der Waals surface area contributed by atoms with Gasteiger partial charge in [-0.1, -0.05) is 13.8 Å². The number of nitrogens with zero attached hydrogens (tertiary/aromatic N) is 6. The summed E-state index contributed by atoms with van der Waals surface area (Å²) in [6.07, 6.45) is 11.7. The van der Waals surface area contributed by atoms with Crippen LogP contribution in [0.15, 0.2) is 43.1 Å². The van der Waals surface area contributed by atoms with E-state index >= 15 is 0 Å². The Bertz CT molecular complexity index is 1560. The SMILES string of the molecule is Cc1cnc(CNC2CCC(c3ccc4[nH]c(-c5cc(CO)c6ncnn6c5)c(C(C)C)c4n3)CC2)cn1. The fourth-order valence-corrected chi connectivity index (χ4v) is 5.72. The van der Waals surface area contributed by atoms with Gasteiger partial charge in [-0.15, -0.1) is 0 Å². The first-order valence-corrected chi connectivity index (χ1v) is 13.5. The van der Waals surface area contributed by atoms with E-state index in [1.165, 1.54) is 17.6 Å². The van der Waals surface area contributed by atoms with Gasteiger partial charge in [0.1, 0.15) is 6.33 Å². The van der Waals surface area contributed by atoms with Crippen molar-refractivity contribution in [3.63, 3.8) is 0 Å². The van der Waals surface area contributed by atoms with E-state index < -0.39 is 0 Å². The Balaban J connectivity index is 1.23. The summed E-state index contributed by atoms with van der Waals surface area (Å²) in [4.78, 5) is 21.9. The topological polar surface area (TPSA) is 117 Å². The molecule has 0 bridgehead atoms. The third-order valence-electron chi connectivity index (χ3n) is 7.74. The monoisotopic (exact) mass is 510 g/mol. The van der Waals surface area contributed by atoms with Gasteiger partial charge in [-0.2, -0.15) is 5.10 Å². The van der Waals surface area contributed by atoms with E-state index in [4.69, 9.17) is 4.98 Å². The number of hydrogen-bond donors (Lipinski definition) is 3. The van der Waals surface area contributed by atoms with Crippen LogP contribution < -0.4 is 5.32 Å². The maximum Gasteiger partial charge on any atom is 0.160 e. The average molecular weight is 511 g/mol. The average Bonchev–Trinajstić information content (AvgIpc) is 3.57. The number of nitrogens with one attached hydrogen (secondary N) is 2. The zero-order valence-corrected chi connectivity index (χ0v) is 22.1. The van der Waals surface area contributed by atoms with Gasteiger partial charge in [0.15, 0.2) is 5.65 Å². The summed E-state index contributed by atoms with van der Waals surface area (Å²) in [5, 5.41) is 17.9. The number of hydrogen-bond acceptors (Lipinski definition) is 7. The number of aryl methyl sites for hydroxylation is 1. The summed E-state index contributed by atoms with van der Waals surface area (Å²) in [5.74, 6) is 0.734. The summed E-state index contributed by atoms with van der Waals surface area (Å²) < 4.78 is 1.73. The van der Waals surface area contributed by atoms with Crippen molar-refractivity contribution < 1.29 is 5.11 Å². The second-order valence-corrected chi connectivity index (χ2v) is 10.7. The van der Waals surface area contributed by atoms with Crippen LogP contribution in [-0.2, 0) is 13.2 Å². The molecule has 1 aliphatic carbocycles. The summed E-state index contributed by atoms with van der Waals surface area (Å²) in [5.41, 5.74) is 9.80. The highest BCUT2D eigenvalue weighted by atomic mass is 16.3. The highest BCUT2D eigenvalue weighted by Crippen LogP contribution is 2.38. The van der Waals surface area contributed by atoms with Crippen LogP contribution in [0.4, 0.5) is 0 Å². The van der Waals surface area contributed by atoms with Crippen molar-refractivity contribution in [3.8, 4) is 11.3 Å². The van der Waals surface area contributed by atoms with Gasteiger partial charge in [0.2, 0.25) is 0 Å². The van der Waals surface area contributed by atoms with Crippen molar-refractivity contribution in [1.29, 1.82) is 0 Å². The summed E-state index contributed by atoms with van der Waals surface area (Å²) >= 11 is 0. The van der Waals surface area contributed by atoms with Crippen LogP contribution in [0.25, 0.3) is 27.9 Å². The lowest BCUT2D eigenvalue weighted by Crippen LogP contribution is -2.32. The molecule has 1 saturated carbocycles. The molecule has 9 nitrogen and oxygen atoms in total. The molecule has 0 aliphatic heterocycles. The normalized spacial score (nSPS) is 18.1. The smallest absolute Gasteiger partial charge is 0.160 e. The summed E-state index contributed by atoms with van der Waals surface area (Å²) in [6.45, 7) is 7.04. The first-order valence-electron chi connectivity index (χ1n) is 13.5. The predicted octanol–water partition coefficient (Wildman–Crippen LogP) is 4.80. The molecule has 1 fully saturated rings. The molecule has 196 valence electrons. The molecule has 5 aromatic rings. The van der Waals surface area contributed by atoms with Crippen LogP contribution in [0.2, 0.25) is 0 Å². The van der Waals surface area contributed by atoms with Crippen LogP contribution in [0.1, 0.15) is 79.6 Å². The van der Waals surface area contributed by atoms with Gasteiger partial charge in [-0.3, -0.25) is 15.0 Å². The highest BCUT2D eigenvalue weighted by molar-refractivity contribution is 5.88. The quantitative estimate of drug-likeness (QED) is 0.288. The minimum absolute atomic E-state index is 0.0916. The lowest BCUT2D eigenvalue weighted by molar-refractivity contribution is 0.282. The molecular weight excluding hydrogens is 476 g/mol. The molecule has 5 heterocycles. The molecule has 0 aromatic carbocycles. The Labute approximate surface area is 221 Å². The second-order valence-electron chi connectivity index (χ2n) is 10.7. The van der Waals surface area contributed by atoms with E-state index in [0.29, 0.717) is 17.6 Å². The van der Waals surface area contributed by atoms with Crippen molar-refractivity contribution in [2.45, 2.75) is 77.5 Å². The Morgan fingerprint density at radius 2 is 1.95 bits per heavy atom. The number of aromatic nitrogens is 7. The molecule has 5 aromatic heterocycles. The van der Waals surface area contributed by atoms with Crippen LogP contribution in [0, 0.1) is 6.92 Å². The number of aliphatic hydroxyl groups is 1. The third kappa shape index (κ3) is 4.68. The minimum Gasteiger partial charge on any atom is -0.392 e. The van der Waals surface area contributed by atoms with E-state index in [2.05, 4.69) is 56.3 Å². The molecule has 9 heteroatoms. The van der Waals surface area contributed by atoms with E-state index in [0.717, 1.165) is 71.5 Å². The van der Waals surface area contributed by atoms with Crippen LogP contribution >= 0.6 is 0 Å². The van der Waals surface area contributed by atoms with E-state index in [1.54, 1.807) is 4.52 Å². The van der Waals surface area contributed by atoms with E-state index in [1.807, 2.05) is 31.6 Å². The number of aromatic amines is 1. The van der Waals surface area contributed by atoms with Gasteiger partial charge in [0.25, 0.3) is 0 Å². The highest BCUT2D eigenvalue weighted by Gasteiger charge is 2.25. The molecule has 0 saturated heterocycles. The molecule has 6 rings (SSSR count). The molecular formula is C29H34N8O. The zero-order valence-electron chi connectivity index (χ0n) is 22.1. The number of H-pyrrole nitrogens is 1. The number of aliphatic hydroxyl groups excluding tert-OH is 1. The fraction of sp³-hybridized carbons (Fsp3) is 0.414. The van der Waals surface area contributed by atoms with Gasteiger partial charge in [-0.25, -0.2) is 9.50 Å². The fourth-order valence-electron chi connectivity index (χ4n) is 5.72. The van der Waals surface area contributed by atoms with Crippen LogP contribution in [0.5, 0.6) is 0 Å². The Morgan fingerprint density at radius 3 is 2.68 bits per heavy atom. The van der Waals surface area contributed by atoms with Crippen molar-refractivity contribution in [1.82, 2.24) is 39.9 Å². The maximum atomic E-state index is 9.93. The first-order chi connectivity index (χ1) is 18.5. The molecule has 0 radical (unpaired) electrons. The van der Waals surface area contributed by atoms with Crippen molar-refractivity contribution in [3.05, 3.63) is 71.3 Å². The van der Waals surface area contributed by atoms with Gasteiger partial charge < -0.3 is 15.4 Å². The van der Waals surface area contributed by atoms with Gasteiger partial charge in [0, 0.05) is 59.5 Å². The number of pyridine rings is 2. The Hall–Kier alpha value is -3.69. The Kier molecular flexibility index (Phi) is 6.63. The standard InChI is InChI=1S/C29H34N8O/c1-17(2)26-27(20-10-21(15-38)29-33-16-34-37(29)14-20)36-25-9-8-24(35-28(25)26)19-4-6-22(7-5-19)32-13-23-12-30-18(3)11-31-23/h8-12,14,16-17,19,22,32,36,38H,4-7,13,15H2,1-3H3. The first kappa shape index (κ1) is 24.6. The lowest BCUT2D eigenvalue weighted by Gasteiger charge is -2.29. The van der Waals surface area contributed by atoms with Gasteiger partial charge in [0.05, 0.1) is 34.7 Å². The summed E-state index contributed by atoms with van der Waals surface area (Å²) in [6, 6.07) is 6.86. The number of fused-ring (bicyclic) bond motifs is 2. The van der Waals surface area contributed by atoms with Crippen molar-refractivity contribution >= 4 is 16.7 Å². The lowest BCUT2D eigenvalue weighted by atomic mass is 9.83. The largest absolute Gasteiger partial charge is 0.392 e. The second kappa shape index (κ2) is 10.2. The zero-order chi connectivity index (χ0) is 26.2. The van der Waals surface area contributed by atoms with Crippen LogP contribution in [-0.4, -0.2) is 45.7 Å². The Morgan fingerprint density at radius 1 is 1.11 bits per heavy atom. The third-order valence-corrected chi connectivity index (χ3v) is 7.74. The molecule has 0 unspecified atom stereocenters. The predicted molar refractivity (Wildman–Crippen MR) is 147 cm³/mol. The molecule has 38 heavy (non-hydrogen) atoms. The van der Waals surface area contributed by atoms with Crippen molar-refractivity contribution in [2.75, 3.05) is 0 Å². The van der Waals surface area contributed by atoms with Gasteiger partial charge in [-0.05, 0) is 56.7 Å². The molecule has 1 aliphatic rings. The number of rotatable bonds is 7. The molecule has 0 spiro atoms. The van der Waals surface area contributed by atoms with E-state index in [-0.39, 0.29) is 12.5 Å². The molecule has 0 atom stereocenters.